The SMILES string of the molecule is COC(CC1CCN(c2ccc(C(=O)Nc3cc4c(cn3)cc([C@H]3CCCN3C)n4C(=O)OC(C)(C)C)cn2)CC1)OC. The maximum absolute atomic E-state index is 13.4. The molecule has 43 heavy (non-hydrogen) atoms. The molecule has 232 valence electrons. The second-order valence-electron chi connectivity index (χ2n) is 12.6. The first-order valence-electron chi connectivity index (χ1n) is 15.1. The molecule has 5 heterocycles. The molecule has 3 aromatic heterocycles. The number of ether oxygens (including phenoxy) is 3. The normalized spacial score (nSPS) is 18.5. The number of carbonyl (C=O) groups is 2. The van der Waals surface area contributed by atoms with Gasteiger partial charge in [-0.2, -0.15) is 0 Å². The van der Waals surface area contributed by atoms with Crippen LogP contribution >= 0.6 is 0 Å². The van der Waals surface area contributed by atoms with E-state index in [1.165, 1.54) is 0 Å². The molecule has 0 aromatic carbocycles. The highest BCUT2D eigenvalue weighted by atomic mass is 16.7. The summed E-state index contributed by atoms with van der Waals surface area (Å²) in [6, 6.07) is 7.51. The molecule has 11 nitrogen and oxygen atoms in total. The Kier molecular flexibility index (Phi) is 9.33. The Morgan fingerprint density at radius 1 is 1.02 bits per heavy atom. The second kappa shape index (κ2) is 13.0. The molecule has 0 spiro atoms. The number of aromatic nitrogens is 3. The van der Waals surface area contributed by atoms with Crippen LogP contribution in [0.5, 0.6) is 0 Å². The number of piperidine rings is 1. The number of methoxy groups -OCH3 is 2. The third kappa shape index (κ3) is 7.17. The van der Waals surface area contributed by atoms with Gasteiger partial charge in [0.25, 0.3) is 5.91 Å². The summed E-state index contributed by atoms with van der Waals surface area (Å²) < 4.78 is 18.1. The fourth-order valence-electron chi connectivity index (χ4n) is 6.09. The van der Waals surface area contributed by atoms with Crippen LogP contribution in [0.1, 0.15) is 75.0 Å². The van der Waals surface area contributed by atoms with E-state index < -0.39 is 11.7 Å². The van der Waals surface area contributed by atoms with Crippen molar-refractivity contribution in [3.05, 3.63) is 47.9 Å². The Morgan fingerprint density at radius 2 is 1.77 bits per heavy atom. The Labute approximate surface area is 253 Å². The molecule has 3 aromatic rings. The van der Waals surface area contributed by atoms with Crippen molar-refractivity contribution >= 4 is 34.5 Å². The standard InChI is InChI=1S/C32H44N6O5/c1-32(2,3)43-31(40)38-25-18-27(33-20-23(25)17-26(38)24-8-7-13-36(24)4)35-30(39)22-9-10-28(34-19-22)37-14-11-21(12-15-37)16-29(41-5)42-6/h9-10,17-21,24,29H,7-8,11-16H2,1-6H3,(H,33,35,39)/t24-/m1/s1. The summed E-state index contributed by atoms with van der Waals surface area (Å²) in [5.41, 5.74) is 1.30. The van der Waals surface area contributed by atoms with Crippen molar-refractivity contribution in [1.29, 1.82) is 0 Å². The third-order valence-electron chi connectivity index (χ3n) is 8.39. The number of fused-ring (bicyclic) bond motifs is 1. The van der Waals surface area contributed by atoms with Crippen LogP contribution in [0.4, 0.5) is 16.4 Å². The van der Waals surface area contributed by atoms with E-state index in [-0.39, 0.29) is 18.2 Å². The largest absolute Gasteiger partial charge is 0.443 e. The average molecular weight is 593 g/mol. The summed E-state index contributed by atoms with van der Waals surface area (Å²) in [4.78, 5) is 40.2. The number of rotatable bonds is 8. The first-order valence-corrected chi connectivity index (χ1v) is 15.1. The molecule has 5 rings (SSSR count). The summed E-state index contributed by atoms with van der Waals surface area (Å²) in [7, 11) is 5.42. The molecule has 0 aliphatic carbocycles. The molecule has 11 heteroatoms. The number of hydrogen-bond acceptors (Lipinski definition) is 9. The Morgan fingerprint density at radius 3 is 2.37 bits per heavy atom. The Hall–Kier alpha value is -3.54. The molecule has 2 fully saturated rings. The van der Waals surface area contributed by atoms with Gasteiger partial charge in [-0.1, -0.05) is 0 Å². The molecular formula is C32H44N6O5. The molecule has 1 N–H and O–H groups in total. The maximum Gasteiger partial charge on any atom is 0.419 e. The van der Waals surface area contributed by atoms with E-state index in [9.17, 15) is 9.59 Å². The summed E-state index contributed by atoms with van der Waals surface area (Å²) in [5, 5.41) is 3.70. The van der Waals surface area contributed by atoms with Crippen LogP contribution in [0.2, 0.25) is 0 Å². The van der Waals surface area contributed by atoms with Gasteiger partial charge in [-0.3, -0.25) is 9.69 Å². The van der Waals surface area contributed by atoms with Gasteiger partial charge in [0.2, 0.25) is 0 Å². The summed E-state index contributed by atoms with van der Waals surface area (Å²) >= 11 is 0. The van der Waals surface area contributed by atoms with Crippen LogP contribution in [0.3, 0.4) is 0 Å². The van der Waals surface area contributed by atoms with E-state index in [1.54, 1.807) is 43.3 Å². The molecule has 0 bridgehead atoms. The number of carbonyl (C=O) groups excluding carboxylic acids is 2. The van der Waals surface area contributed by atoms with E-state index in [4.69, 9.17) is 14.2 Å². The van der Waals surface area contributed by atoms with Crippen molar-refractivity contribution < 1.29 is 23.8 Å². The minimum atomic E-state index is -0.650. The zero-order valence-corrected chi connectivity index (χ0v) is 26.1. The van der Waals surface area contributed by atoms with Crippen LogP contribution < -0.4 is 10.2 Å². The summed E-state index contributed by atoms with van der Waals surface area (Å²) in [6.45, 7) is 8.31. The predicted octanol–water partition coefficient (Wildman–Crippen LogP) is 5.46. The van der Waals surface area contributed by atoms with E-state index >= 15 is 0 Å². The van der Waals surface area contributed by atoms with Crippen LogP contribution in [-0.4, -0.2) is 84.2 Å². The lowest BCUT2D eigenvalue weighted by atomic mass is 9.93. The fraction of sp³-hybridized carbons (Fsp3) is 0.562. The number of pyridine rings is 2. The highest BCUT2D eigenvalue weighted by Gasteiger charge is 2.31. The van der Waals surface area contributed by atoms with Gasteiger partial charge in [0, 0.05) is 63.3 Å². The fourth-order valence-corrected chi connectivity index (χ4v) is 6.09. The Balaban J connectivity index is 1.29. The first kappa shape index (κ1) is 30.9. The zero-order valence-electron chi connectivity index (χ0n) is 26.1. The van der Waals surface area contributed by atoms with Crippen LogP contribution in [0.15, 0.2) is 36.7 Å². The quantitative estimate of drug-likeness (QED) is 0.341. The number of nitrogens with one attached hydrogen (secondary N) is 1. The van der Waals surface area contributed by atoms with E-state index in [0.717, 1.165) is 68.6 Å². The summed E-state index contributed by atoms with van der Waals surface area (Å²) in [6.07, 6.45) is 7.64. The van der Waals surface area contributed by atoms with E-state index in [2.05, 4.69) is 32.1 Å². The Bertz CT molecular complexity index is 1420. The molecule has 2 saturated heterocycles. The molecular weight excluding hydrogens is 548 g/mol. The lowest BCUT2D eigenvalue weighted by Crippen LogP contribution is -2.35. The van der Waals surface area contributed by atoms with Crippen molar-refractivity contribution in [2.75, 3.05) is 51.1 Å². The predicted molar refractivity (Wildman–Crippen MR) is 166 cm³/mol. The molecule has 0 saturated carbocycles. The van der Waals surface area contributed by atoms with Gasteiger partial charge >= 0.3 is 6.09 Å². The number of anilines is 2. The highest BCUT2D eigenvalue weighted by molar-refractivity contribution is 6.04. The van der Waals surface area contributed by atoms with Gasteiger partial charge in [0.1, 0.15) is 17.2 Å². The van der Waals surface area contributed by atoms with Gasteiger partial charge in [0.15, 0.2) is 6.29 Å². The lowest BCUT2D eigenvalue weighted by molar-refractivity contribution is -0.115. The zero-order chi connectivity index (χ0) is 30.7. The first-order chi connectivity index (χ1) is 20.6. The molecule has 2 aliphatic heterocycles. The molecule has 1 atom stereocenters. The van der Waals surface area contributed by atoms with Crippen molar-refractivity contribution in [3.63, 3.8) is 0 Å². The van der Waals surface area contributed by atoms with Gasteiger partial charge in [0.05, 0.1) is 17.1 Å². The molecule has 1 amide bonds. The smallest absolute Gasteiger partial charge is 0.419 e. The van der Waals surface area contributed by atoms with Crippen molar-refractivity contribution in [3.8, 4) is 0 Å². The molecule has 0 unspecified atom stereocenters. The van der Waals surface area contributed by atoms with Gasteiger partial charge in [-0.25, -0.2) is 19.3 Å². The van der Waals surface area contributed by atoms with Gasteiger partial charge in [-0.15, -0.1) is 0 Å². The number of hydrogen-bond donors (Lipinski definition) is 1. The van der Waals surface area contributed by atoms with Crippen LogP contribution in [-0.2, 0) is 14.2 Å². The van der Waals surface area contributed by atoms with Crippen molar-refractivity contribution in [1.82, 2.24) is 19.4 Å². The van der Waals surface area contributed by atoms with E-state index in [0.29, 0.717) is 22.8 Å². The van der Waals surface area contributed by atoms with E-state index in [1.807, 2.05) is 32.9 Å². The maximum atomic E-state index is 13.4. The molecule has 0 radical (unpaired) electrons. The third-order valence-corrected chi connectivity index (χ3v) is 8.39. The van der Waals surface area contributed by atoms with Gasteiger partial charge in [-0.05, 0) is 84.2 Å². The summed E-state index contributed by atoms with van der Waals surface area (Å²) in [5.74, 6) is 1.43. The van der Waals surface area contributed by atoms with Crippen molar-refractivity contribution in [2.45, 2.75) is 70.8 Å². The molecule has 2 aliphatic rings. The van der Waals surface area contributed by atoms with Gasteiger partial charge < -0.3 is 24.4 Å². The highest BCUT2D eigenvalue weighted by Crippen LogP contribution is 2.35. The topological polar surface area (TPSA) is 111 Å². The van der Waals surface area contributed by atoms with Crippen LogP contribution in [0, 0.1) is 5.92 Å². The number of likely N-dealkylation sites (tertiary alicyclic amines) is 1. The van der Waals surface area contributed by atoms with Crippen molar-refractivity contribution in [2.24, 2.45) is 5.92 Å². The minimum Gasteiger partial charge on any atom is -0.443 e. The monoisotopic (exact) mass is 592 g/mol. The minimum absolute atomic E-state index is 0.0981. The number of nitrogens with zero attached hydrogens (tertiary/aromatic N) is 5. The lowest BCUT2D eigenvalue weighted by Gasteiger charge is -2.33. The second-order valence-corrected chi connectivity index (χ2v) is 12.6. The van der Waals surface area contributed by atoms with Crippen LogP contribution in [0.25, 0.3) is 10.9 Å². The number of amides is 1. The average Bonchev–Trinajstić information content (AvgIpc) is 3.58.